The van der Waals surface area contributed by atoms with E-state index in [-0.39, 0.29) is 15.2 Å². The van der Waals surface area contributed by atoms with E-state index in [2.05, 4.69) is 25.6 Å². The van der Waals surface area contributed by atoms with Crippen molar-refractivity contribution in [2.45, 2.75) is 11.8 Å². The number of rotatable bonds is 3. The molecular weight excluding hydrogens is 335 g/mol. The summed E-state index contributed by atoms with van der Waals surface area (Å²) >= 11 is 2.97. The molecule has 2 rings (SSSR count). The normalized spacial score (nSPS) is 11.3. The van der Waals surface area contributed by atoms with Crippen molar-refractivity contribution < 1.29 is 12.8 Å². The topological polar surface area (TPSA) is 59.1 Å². The van der Waals surface area contributed by atoms with Crippen LogP contribution in [0.15, 0.2) is 45.8 Å². The Labute approximate surface area is 118 Å². The van der Waals surface area contributed by atoms with Crippen molar-refractivity contribution in [1.29, 1.82) is 0 Å². The van der Waals surface area contributed by atoms with Crippen molar-refractivity contribution >= 4 is 31.8 Å². The molecule has 1 heterocycles. The molecule has 2 aromatic rings. The molecule has 0 bridgehead atoms. The third kappa shape index (κ3) is 3.30. The highest BCUT2D eigenvalue weighted by Gasteiger charge is 2.16. The maximum absolute atomic E-state index is 13.4. The van der Waals surface area contributed by atoms with Gasteiger partial charge in [-0.05, 0) is 53.2 Å². The van der Waals surface area contributed by atoms with Crippen LogP contribution in [0.3, 0.4) is 0 Å². The summed E-state index contributed by atoms with van der Waals surface area (Å²) < 4.78 is 40.0. The highest BCUT2D eigenvalue weighted by Crippen LogP contribution is 2.21. The molecule has 1 N–H and O–H groups in total. The summed E-state index contributed by atoms with van der Waals surface area (Å²) in [5.74, 6) is -0.441. The summed E-state index contributed by atoms with van der Waals surface area (Å²) in [7, 11) is -3.84. The van der Waals surface area contributed by atoms with Crippen LogP contribution in [-0.4, -0.2) is 13.4 Å². The van der Waals surface area contributed by atoms with Gasteiger partial charge in [0.15, 0.2) is 0 Å². The molecule has 0 saturated carbocycles. The lowest BCUT2D eigenvalue weighted by molar-refractivity contribution is 0.593. The number of nitrogens with one attached hydrogen (secondary N) is 1. The van der Waals surface area contributed by atoms with Gasteiger partial charge in [0, 0.05) is 5.69 Å². The first-order valence-corrected chi connectivity index (χ1v) is 7.57. The third-order valence-corrected chi connectivity index (χ3v) is 4.32. The molecule has 1 aromatic carbocycles. The molecule has 4 nitrogen and oxygen atoms in total. The van der Waals surface area contributed by atoms with Gasteiger partial charge in [0.2, 0.25) is 0 Å². The lowest BCUT2D eigenvalue weighted by Gasteiger charge is -2.08. The van der Waals surface area contributed by atoms with Crippen LogP contribution >= 0.6 is 15.9 Å². The van der Waals surface area contributed by atoms with Crippen molar-refractivity contribution in [2.75, 3.05) is 4.72 Å². The quantitative estimate of drug-likeness (QED) is 0.930. The number of aryl methyl sites for hydroxylation is 1. The minimum absolute atomic E-state index is 0.156. The van der Waals surface area contributed by atoms with E-state index < -0.39 is 15.8 Å². The predicted octanol–water partition coefficient (Wildman–Crippen LogP) is 3.09. The fourth-order valence-corrected chi connectivity index (χ4v) is 2.70. The summed E-state index contributed by atoms with van der Waals surface area (Å²) in [5, 5.41) is 0. The SMILES string of the molecule is Cc1cccc(NS(=O)(=O)c2ccc(Br)c(F)c2)n1. The van der Waals surface area contributed by atoms with Gasteiger partial charge in [-0.15, -0.1) is 0 Å². The average Bonchev–Trinajstić information content (AvgIpc) is 2.32. The van der Waals surface area contributed by atoms with Crippen molar-refractivity contribution in [3.05, 3.63) is 52.4 Å². The van der Waals surface area contributed by atoms with Crippen molar-refractivity contribution in [1.82, 2.24) is 4.98 Å². The number of benzene rings is 1. The lowest BCUT2D eigenvalue weighted by atomic mass is 10.3. The molecule has 0 atom stereocenters. The van der Waals surface area contributed by atoms with Gasteiger partial charge in [0.05, 0.1) is 9.37 Å². The molecule has 0 radical (unpaired) electrons. The first-order chi connectivity index (χ1) is 8.88. The van der Waals surface area contributed by atoms with Crippen LogP contribution < -0.4 is 4.72 Å². The maximum atomic E-state index is 13.4. The zero-order valence-corrected chi connectivity index (χ0v) is 12.3. The van der Waals surface area contributed by atoms with Gasteiger partial charge in [-0.3, -0.25) is 4.72 Å². The fourth-order valence-electron chi connectivity index (χ4n) is 1.44. The van der Waals surface area contributed by atoms with E-state index in [9.17, 15) is 12.8 Å². The minimum Gasteiger partial charge on any atom is -0.263 e. The number of halogens is 2. The van der Waals surface area contributed by atoms with Gasteiger partial charge in [-0.25, -0.2) is 17.8 Å². The Morgan fingerprint density at radius 2 is 2.00 bits per heavy atom. The fraction of sp³-hybridized carbons (Fsp3) is 0.0833. The molecule has 100 valence electrons. The summed E-state index contributed by atoms with van der Waals surface area (Å²) in [5.41, 5.74) is 0.683. The molecule has 0 fully saturated rings. The van der Waals surface area contributed by atoms with E-state index in [4.69, 9.17) is 0 Å². The predicted molar refractivity (Wildman–Crippen MR) is 73.9 cm³/mol. The molecule has 0 saturated heterocycles. The van der Waals surface area contributed by atoms with Gasteiger partial charge in [0.25, 0.3) is 10.0 Å². The summed E-state index contributed by atoms with van der Waals surface area (Å²) in [4.78, 5) is 3.87. The Kier molecular flexibility index (Phi) is 3.86. The molecule has 1 aromatic heterocycles. The third-order valence-electron chi connectivity index (χ3n) is 2.33. The Morgan fingerprint density at radius 3 is 2.63 bits per heavy atom. The van der Waals surface area contributed by atoms with E-state index in [0.29, 0.717) is 5.69 Å². The second kappa shape index (κ2) is 5.26. The number of hydrogen-bond acceptors (Lipinski definition) is 3. The highest BCUT2D eigenvalue weighted by molar-refractivity contribution is 9.10. The number of aromatic nitrogens is 1. The van der Waals surface area contributed by atoms with E-state index >= 15 is 0 Å². The van der Waals surface area contributed by atoms with Gasteiger partial charge in [-0.2, -0.15) is 0 Å². The van der Waals surface area contributed by atoms with Crippen LogP contribution in [0.2, 0.25) is 0 Å². The Hall–Kier alpha value is -1.47. The Bertz CT molecular complexity index is 719. The van der Waals surface area contributed by atoms with Gasteiger partial charge in [-0.1, -0.05) is 6.07 Å². The molecule has 0 amide bonds. The lowest BCUT2D eigenvalue weighted by Crippen LogP contribution is -2.14. The molecule has 19 heavy (non-hydrogen) atoms. The van der Waals surface area contributed by atoms with Crippen LogP contribution in [0, 0.1) is 12.7 Å². The van der Waals surface area contributed by atoms with Crippen molar-refractivity contribution in [2.24, 2.45) is 0 Å². The van der Waals surface area contributed by atoms with Gasteiger partial charge in [0.1, 0.15) is 11.6 Å². The maximum Gasteiger partial charge on any atom is 0.263 e. The molecule has 0 aliphatic carbocycles. The smallest absolute Gasteiger partial charge is 0.263 e. The first kappa shape index (κ1) is 14.0. The average molecular weight is 345 g/mol. The second-order valence-electron chi connectivity index (χ2n) is 3.85. The van der Waals surface area contributed by atoms with E-state index in [0.717, 1.165) is 6.07 Å². The molecule has 0 aliphatic heterocycles. The van der Waals surface area contributed by atoms with E-state index in [1.165, 1.54) is 18.2 Å². The van der Waals surface area contributed by atoms with Gasteiger partial charge >= 0.3 is 0 Å². The molecule has 7 heteroatoms. The standard InChI is InChI=1S/C12H10BrFN2O2S/c1-8-3-2-4-12(15-8)16-19(17,18)9-5-6-10(13)11(14)7-9/h2-7H,1H3,(H,15,16). The molecule has 0 spiro atoms. The molecular formula is C12H10BrFN2O2S. The number of nitrogens with zero attached hydrogens (tertiary/aromatic N) is 1. The van der Waals surface area contributed by atoms with Crippen LogP contribution in [-0.2, 0) is 10.0 Å². The first-order valence-electron chi connectivity index (χ1n) is 5.30. The number of pyridine rings is 1. The van der Waals surface area contributed by atoms with Crippen LogP contribution in [0.25, 0.3) is 0 Å². The Balaban J connectivity index is 2.35. The van der Waals surface area contributed by atoms with E-state index in [1.807, 2.05) is 0 Å². The van der Waals surface area contributed by atoms with Crippen molar-refractivity contribution in [3.8, 4) is 0 Å². The summed E-state index contributed by atoms with van der Waals surface area (Å²) in [6, 6.07) is 8.56. The number of anilines is 1. The van der Waals surface area contributed by atoms with Crippen LogP contribution in [0.5, 0.6) is 0 Å². The largest absolute Gasteiger partial charge is 0.263 e. The molecule has 0 unspecified atom stereocenters. The monoisotopic (exact) mass is 344 g/mol. The summed E-state index contributed by atoms with van der Waals surface area (Å²) in [6.07, 6.45) is 0. The van der Waals surface area contributed by atoms with E-state index in [1.54, 1.807) is 19.1 Å². The van der Waals surface area contributed by atoms with Crippen LogP contribution in [0.1, 0.15) is 5.69 Å². The van der Waals surface area contributed by atoms with Crippen LogP contribution in [0.4, 0.5) is 10.2 Å². The summed E-state index contributed by atoms with van der Waals surface area (Å²) in [6.45, 7) is 1.75. The van der Waals surface area contributed by atoms with Gasteiger partial charge < -0.3 is 0 Å². The van der Waals surface area contributed by atoms with Crippen molar-refractivity contribution in [3.63, 3.8) is 0 Å². The number of sulfonamides is 1. The highest BCUT2D eigenvalue weighted by atomic mass is 79.9. The Morgan fingerprint density at radius 1 is 1.26 bits per heavy atom. The zero-order valence-electron chi connectivity index (χ0n) is 9.89. The minimum atomic E-state index is -3.84. The zero-order chi connectivity index (χ0) is 14.0. The second-order valence-corrected chi connectivity index (χ2v) is 6.38. The molecule has 0 aliphatic rings. The number of hydrogen-bond donors (Lipinski definition) is 1.